The molecule has 16 heavy (non-hydrogen) atoms. The monoisotopic (exact) mass is 243 g/mol. The molecule has 1 aromatic rings. The molecule has 5 heteroatoms. The van der Waals surface area contributed by atoms with Gasteiger partial charge in [0.2, 0.25) is 0 Å². The lowest BCUT2D eigenvalue weighted by Gasteiger charge is -2.36. The van der Waals surface area contributed by atoms with Crippen LogP contribution in [0, 0.1) is 0 Å². The van der Waals surface area contributed by atoms with Gasteiger partial charge in [0.05, 0.1) is 6.61 Å². The average Bonchev–Trinajstić information content (AvgIpc) is 2.60. The van der Waals surface area contributed by atoms with Crippen LogP contribution in [0.15, 0.2) is 16.5 Å². The first-order valence-electron chi connectivity index (χ1n) is 5.39. The van der Waals surface area contributed by atoms with Crippen LogP contribution in [-0.4, -0.2) is 35.1 Å². The molecule has 4 nitrogen and oxygen atoms in total. The highest BCUT2D eigenvalue weighted by Gasteiger charge is 2.30. The first kappa shape index (κ1) is 11.5. The Morgan fingerprint density at radius 1 is 1.56 bits per heavy atom. The zero-order valence-electron chi connectivity index (χ0n) is 8.86. The van der Waals surface area contributed by atoms with Crippen molar-refractivity contribution in [2.24, 2.45) is 0 Å². The van der Waals surface area contributed by atoms with E-state index >= 15 is 0 Å². The highest BCUT2D eigenvalue weighted by molar-refractivity contribution is 6.29. The van der Waals surface area contributed by atoms with Crippen LogP contribution in [0.1, 0.15) is 29.8 Å². The highest BCUT2D eigenvalue weighted by Crippen LogP contribution is 2.26. The second-order valence-corrected chi connectivity index (χ2v) is 4.28. The van der Waals surface area contributed by atoms with Crippen LogP contribution in [-0.2, 0) is 0 Å². The third-order valence-electron chi connectivity index (χ3n) is 2.90. The van der Waals surface area contributed by atoms with E-state index in [0.717, 1.165) is 19.3 Å². The summed E-state index contributed by atoms with van der Waals surface area (Å²) in [6, 6.07) is 3.35. The molecular weight excluding hydrogens is 230 g/mol. The lowest BCUT2D eigenvalue weighted by Crippen LogP contribution is -2.45. The number of aliphatic hydroxyl groups is 1. The van der Waals surface area contributed by atoms with Gasteiger partial charge >= 0.3 is 0 Å². The Balaban J connectivity index is 2.09. The molecule has 0 aliphatic heterocycles. The van der Waals surface area contributed by atoms with E-state index in [1.807, 2.05) is 0 Å². The topological polar surface area (TPSA) is 53.7 Å². The van der Waals surface area contributed by atoms with Crippen LogP contribution in [0.2, 0.25) is 5.22 Å². The van der Waals surface area contributed by atoms with E-state index in [1.54, 1.807) is 17.0 Å². The van der Waals surface area contributed by atoms with Gasteiger partial charge in [-0.1, -0.05) is 0 Å². The average molecular weight is 244 g/mol. The van der Waals surface area contributed by atoms with Gasteiger partial charge in [-0.05, 0) is 43.0 Å². The minimum absolute atomic E-state index is 0.0311. The van der Waals surface area contributed by atoms with Gasteiger partial charge in [0.15, 0.2) is 11.0 Å². The third kappa shape index (κ3) is 2.23. The maximum atomic E-state index is 12.0. The Kier molecular flexibility index (Phi) is 3.51. The maximum Gasteiger partial charge on any atom is 0.289 e. The molecule has 1 aliphatic rings. The minimum atomic E-state index is -0.189. The molecular formula is C11H14ClNO3. The van der Waals surface area contributed by atoms with E-state index in [9.17, 15) is 4.79 Å². The third-order valence-corrected chi connectivity index (χ3v) is 3.10. The Labute approximate surface area is 98.8 Å². The van der Waals surface area contributed by atoms with Crippen molar-refractivity contribution in [1.82, 2.24) is 4.90 Å². The van der Waals surface area contributed by atoms with Crippen molar-refractivity contribution in [2.75, 3.05) is 13.2 Å². The molecule has 1 aromatic heterocycles. The minimum Gasteiger partial charge on any atom is -0.440 e. The molecule has 0 unspecified atom stereocenters. The van der Waals surface area contributed by atoms with Crippen molar-refractivity contribution in [1.29, 1.82) is 0 Å². The number of rotatable bonds is 4. The first-order chi connectivity index (χ1) is 7.72. The summed E-state index contributed by atoms with van der Waals surface area (Å²) < 4.78 is 5.08. The maximum absolute atomic E-state index is 12.0. The number of hydrogen-bond acceptors (Lipinski definition) is 3. The number of carbonyl (C=O) groups is 1. The molecule has 0 atom stereocenters. The quantitative estimate of drug-likeness (QED) is 0.879. The van der Waals surface area contributed by atoms with Crippen molar-refractivity contribution < 1.29 is 14.3 Å². The number of amides is 1. The number of aliphatic hydroxyl groups excluding tert-OH is 1. The van der Waals surface area contributed by atoms with Crippen LogP contribution >= 0.6 is 11.6 Å². The predicted molar refractivity (Wildman–Crippen MR) is 59.5 cm³/mol. The van der Waals surface area contributed by atoms with Gasteiger partial charge in [-0.2, -0.15) is 0 Å². The molecule has 0 aromatic carbocycles. The number of halogens is 1. The number of nitrogens with zero attached hydrogens (tertiary/aromatic N) is 1. The highest BCUT2D eigenvalue weighted by atomic mass is 35.5. The van der Waals surface area contributed by atoms with Crippen LogP contribution in [0.25, 0.3) is 0 Å². The summed E-state index contributed by atoms with van der Waals surface area (Å²) in [5.74, 6) is 0.0519. The summed E-state index contributed by atoms with van der Waals surface area (Å²) in [5, 5.41) is 9.16. The lowest BCUT2D eigenvalue weighted by molar-refractivity contribution is 0.0495. The summed E-state index contributed by atoms with van der Waals surface area (Å²) in [4.78, 5) is 13.7. The molecule has 0 radical (unpaired) electrons. The largest absolute Gasteiger partial charge is 0.440 e. The van der Waals surface area contributed by atoms with E-state index in [2.05, 4.69) is 0 Å². The smallest absolute Gasteiger partial charge is 0.289 e. The van der Waals surface area contributed by atoms with Gasteiger partial charge in [0.1, 0.15) is 0 Å². The standard InChI is InChI=1S/C11H14ClNO3/c12-10-5-4-9(16-10)11(15)13(6-7-14)8-2-1-3-8/h4-5,8,14H,1-3,6-7H2. The fraction of sp³-hybridized carbons (Fsp3) is 0.545. The summed E-state index contributed by atoms with van der Waals surface area (Å²) in [5.41, 5.74) is 0. The molecule has 0 saturated heterocycles. The van der Waals surface area contributed by atoms with E-state index in [4.69, 9.17) is 21.1 Å². The molecule has 1 fully saturated rings. The second-order valence-electron chi connectivity index (χ2n) is 3.91. The summed E-state index contributed by atoms with van der Waals surface area (Å²) in [6.45, 7) is 0.318. The molecule has 1 N–H and O–H groups in total. The van der Waals surface area contributed by atoms with Gasteiger partial charge in [0, 0.05) is 12.6 Å². The Hall–Kier alpha value is -1.00. The van der Waals surface area contributed by atoms with E-state index in [1.165, 1.54) is 0 Å². The van der Waals surface area contributed by atoms with E-state index in [0.29, 0.717) is 6.54 Å². The fourth-order valence-corrected chi connectivity index (χ4v) is 1.97. The van der Waals surface area contributed by atoms with Gasteiger partial charge in [-0.3, -0.25) is 4.79 Å². The van der Waals surface area contributed by atoms with Gasteiger partial charge in [-0.15, -0.1) is 0 Å². The molecule has 1 saturated carbocycles. The summed E-state index contributed by atoms with van der Waals surface area (Å²) in [7, 11) is 0. The van der Waals surface area contributed by atoms with Crippen molar-refractivity contribution in [3.63, 3.8) is 0 Å². The zero-order chi connectivity index (χ0) is 11.5. The normalized spacial score (nSPS) is 15.9. The Morgan fingerprint density at radius 3 is 2.75 bits per heavy atom. The summed E-state index contributed by atoms with van der Waals surface area (Å²) >= 11 is 5.63. The number of hydrogen-bond donors (Lipinski definition) is 1. The molecule has 0 spiro atoms. The van der Waals surface area contributed by atoms with Crippen molar-refractivity contribution >= 4 is 17.5 Å². The number of furan rings is 1. The van der Waals surface area contributed by atoms with Gasteiger partial charge in [-0.25, -0.2) is 0 Å². The fourth-order valence-electron chi connectivity index (χ4n) is 1.83. The molecule has 0 bridgehead atoms. The van der Waals surface area contributed by atoms with Crippen molar-refractivity contribution in [3.05, 3.63) is 23.1 Å². The predicted octanol–water partition coefficient (Wildman–Crippen LogP) is 1.92. The van der Waals surface area contributed by atoms with Crippen LogP contribution < -0.4 is 0 Å². The molecule has 1 aliphatic carbocycles. The Morgan fingerprint density at radius 2 is 2.31 bits per heavy atom. The summed E-state index contributed by atoms with van der Waals surface area (Å²) in [6.07, 6.45) is 3.14. The first-order valence-corrected chi connectivity index (χ1v) is 5.77. The SMILES string of the molecule is O=C(c1ccc(Cl)o1)N(CCO)C1CCC1. The molecule has 1 heterocycles. The molecule has 88 valence electrons. The zero-order valence-corrected chi connectivity index (χ0v) is 9.61. The van der Waals surface area contributed by atoms with Gasteiger partial charge in [0.25, 0.3) is 5.91 Å². The molecule has 2 rings (SSSR count). The van der Waals surface area contributed by atoms with E-state index in [-0.39, 0.29) is 29.5 Å². The number of carbonyl (C=O) groups excluding carboxylic acids is 1. The van der Waals surface area contributed by atoms with E-state index < -0.39 is 0 Å². The molecule has 1 amide bonds. The van der Waals surface area contributed by atoms with Crippen LogP contribution in [0.5, 0.6) is 0 Å². The Bertz CT molecular complexity index is 373. The second kappa shape index (κ2) is 4.89. The lowest BCUT2D eigenvalue weighted by atomic mass is 9.91. The van der Waals surface area contributed by atoms with Crippen LogP contribution in [0.3, 0.4) is 0 Å². The van der Waals surface area contributed by atoms with Gasteiger partial charge < -0.3 is 14.4 Å². The van der Waals surface area contributed by atoms with Crippen molar-refractivity contribution in [3.8, 4) is 0 Å². The van der Waals surface area contributed by atoms with Crippen LogP contribution in [0.4, 0.5) is 0 Å². The van der Waals surface area contributed by atoms with Crippen molar-refractivity contribution in [2.45, 2.75) is 25.3 Å².